The summed E-state index contributed by atoms with van der Waals surface area (Å²) in [6, 6.07) is 6.07. The van der Waals surface area contributed by atoms with Crippen LogP contribution in [-0.2, 0) is 0 Å². The number of aryl methyl sites for hydroxylation is 1. The normalized spacial score (nSPS) is 11.1. The van der Waals surface area contributed by atoms with Crippen molar-refractivity contribution in [3.63, 3.8) is 0 Å². The molecule has 2 rings (SSSR count). The number of ether oxygens (including phenoxy) is 1. The first-order valence-corrected chi connectivity index (χ1v) is 5.78. The van der Waals surface area contributed by atoms with Crippen LogP contribution in [-0.4, -0.2) is 12.1 Å². The summed E-state index contributed by atoms with van der Waals surface area (Å²) in [5.74, 6) is 1.82. The SMILES string of the molecule is COc1ccc(C)c2nc(N)c(C(C)C)cc12. The van der Waals surface area contributed by atoms with E-state index in [0.29, 0.717) is 11.7 Å². The Hall–Kier alpha value is -1.77. The van der Waals surface area contributed by atoms with E-state index >= 15 is 0 Å². The van der Waals surface area contributed by atoms with Gasteiger partial charge in [-0.25, -0.2) is 4.98 Å². The minimum absolute atomic E-state index is 0.358. The molecule has 2 N–H and O–H groups in total. The molecule has 0 saturated heterocycles. The van der Waals surface area contributed by atoms with Gasteiger partial charge in [-0.3, -0.25) is 0 Å². The lowest BCUT2D eigenvalue weighted by molar-refractivity contribution is 0.419. The Morgan fingerprint density at radius 2 is 2.00 bits per heavy atom. The highest BCUT2D eigenvalue weighted by atomic mass is 16.5. The zero-order valence-corrected chi connectivity index (χ0v) is 10.7. The van der Waals surface area contributed by atoms with Gasteiger partial charge in [0.2, 0.25) is 0 Å². The van der Waals surface area contributed by atoms with Gasteiger partial charge in [-0.15, -0.1) is 0 Å². The van der Waals surface area contributed by atoms with E-state index in [-0.39, 0.29) is 0 Å². The van der Waals surface area contributed by atoms with Gasteiger partial charge < -0.3 is 10.5 Å². The molecule has 90 valence electrons. The first-order valence-electron chi connectivity index (χ1n) is 5.78. The van der Waals surface area contributed by atoms with E-state index in [1.165, 1.54) is 0 Å². The van der Waals surface area contributed by atoms with Gasteiger partial charge in [0.05, 0.1) is 12.6 Å². The van der Waals surface area contributed by atoms with Gasteiger partial charge in [0, 0.05) is 5.39 Å². The molecule has 17 heavy (non-hydrogen) atoms. The number of methoxy groups -OCH3 is 1. The lowest BCUT2D eigenvalue weighted by atomic mass is 10.0. The third kappa shape index (κ3) is 1.93. The summed E-state index contributed by atoms with van der Waals surface area (Å²) in [5, 5.41) is 1.03. The molecule has 0 amide bonds. The molecule has 0 aliphatic rings. The van der Waals surface area contributed by atoms with E-state index in [1.807, 2.05) is 19.1 Å². The maximum atomic E-state index is 6.00. The fourth-order valence-corrected chi connectivity index (χ4v) is 2.04. The quantitative estimate of drug-likeness (QED) is 0.861. The van der Waals surface area contributed by atoms with Gasteiger partial charge in [0.1, 0.15) is 11.6 Å². The number of nitrogens with two attached hydrogens (primary N) is 1. The summed E-state index contributed by atoms with van der Waals surface area (Å²) in [6.07, 6.45) is 0. The summed E-state index contributed by atoms with van der Waals surface area (Å²) in [6.45, 7) is 6.26. The van der Waals surface area contributed by atoms with Crippen LogP contribution < -0.4 is 10.5 Å². The van der Waals surface area contributed by atoms with Crippen molar-refractivity contribution >= 4 is 16.7 Å². The average Bonchev–Trinajstić information content (AvgIpc) is 2.29. The minimum atomic E-state index is 0.358. The molecule has 0 radical (unpaired) electrons. The van der Waals surface area contributed by atoms with Crippen molar-refractivity contribution in [3.05, 3.63) is 29.3 Å². The number of nitrogen functional groups attached to an aromatic ring is 1. The third-order valence-corrected chi connectivity index (χ3v) is 3.05. The summed E-state index contributed by atoms with van der Waals surface area (Å²) < 4.78 is 5.38. The molecule has 0 unspecified atom stereocenters. The number of hydrogen-bond acceptors (Lipinski definition) is 3. The number of anilines is 1. The van der Waals surface area contributed by atoms with Crippen molar-refractivity contribution in [3.8, 4) is 5.75 Å². The molecule has 0 aliphatic heterocycles. The molecule has 3 nitrogen and oxygen atoms in total. The van der Waals surface area contributed by atoms with Gasteiger partial charge in [0.15, 0.2) is 0 Å². The van der Waals surface area contributed by atoms with E-state index in [2.05, 4.69) is 24.9 Å². The van der Waals surface area contributed by atoms with Crippen LogP contribution in [0.1, 0.15) is 30.9 Å². The second-order valence-corrected chi connectivity index (χ2v) is 4.60. The van der Waals surface area contributed by atoms with Gasteiger partial charge in [0.25, 0.3) is 0 Å². The molecule has 0 aliphatic carbocycles. The van der Waals surface area contributed by atoms with Crippen molar-refractivity contribution < 1.29 is 4.74 Å². The standard InChI is InChI=1S/C14H18N2O/c1-8(2)10-7-11-12(17-4)6-5-9(3)13(11)16-14(10)15/h5-8H,1-4H3,(H2,15,16). The largest absolute Gasteiger partial charge is 0.496 e. The van der Waals surface area contributed by atoms with Crippen LogP contribution >= 0.6 is 0 Å². The zero-order valence-electron chi connectivity index (χ0n) is 10.7. The van der Waals surface area contributed by atoms with Crippen molar-refractivity contribution in [2.75, 3.05) is 12.8 Å². The highest BCUT2D eigenvalue weighted by Gasteiger charge is 2.11. The summed E-state index contributed by atoms with van der Waals surface area (Å²) in [4.78, 5) is 4.50. The maximum Gasteiger partial charge on any atom is 0.128 e. The number of rotatable bonds is 2. The summed E-state index contributed by atoms with van der Waals surface area (Å²) >= 11 is 0. The predicted molar refractivity (Wildman–Crippen MR) is 71.5 cm³/mol. The fourth-order valence-electron chi connectivity index (χ4n) is 2.04. The van der Waals surface area contributed by atoms with Gasteiger partial charge in [-0.1, -0.05) is 19.9 Å². The highest BCUT2D eigenvalue weighted by molar-refractivity contribution is 5.89. The van der Waals surface area contributed by atoms with E-state index < -0.39 is 0 Å². The van der Waals surface area contributed by atoms with Crippen LogP contribution in [0.5, 0.6) is 5.75 Å². The molecule has 0 saturated carbocycles. The Labute approximate surface area is 102 Å². The average molecular weight is 230 g/mol. The minimum Gasteiger partial charge on any atom is -0.496 e. The lowest BCUT2D eigenvalue weighted by Gasteiger charge is -2.13. The molecule has 3 heteroatoms. The number of hydrogen-bond donors (Lipinski definition) is 1. The Kier molecular flexibility index (Phi) is 2.92. The first-order chi connectivity index (χ1) is 8.04. The van der Waals surface area contributed by atoms with Gasteiger partial charge >= 0.3 is 0 Å². The van der Waals surface area contributed by atoms with Crippen LogP contribution in [0.15, 0.2) is 18.2 Å². The van der Waals surface area contributed by atoms with Gasteiger partial charge in [-0.05, 0) is 36.1 Å². The second-order valence-electron chi connectivity index (χ2n) is 4.60. The van der Waals surface area contributed by atoms with Gasteiger partial charge in [-0.2, -0.15) is 0 Å². The second kappa shape index (κ2) is 4.24. The van der Waals surface area contributed by atoms with Crippen molar-refractivity contribution in [2.24, 2.45) is 0 Å². The van der Waals surface area contributed by atoms with Crippen molar-refractivity contribution in [2.45, 2.75) is 26.7 Å². The molecule has 0 bridgehead atoms. The highest BCUT2D eigenvalue weighted by Crippen LogP contribution is 2.32. The van der Waals surface area contributed by atoms with Crippen molar-refractivity contribution in [1.29, 1.82) is 0 Å². The molecule has 2 aromatic rings. The Balaban J connectivity index is 2.82. The van der Waals surface area contributed by atoms with E-state index in [1.54, 1.807) is 7.11 Å². The Morgan fingerprint density at radius 3 is 2.59 bits per heavy atom. The molecule has 0 spiro atoms. The molecule has 1 heterocycles. The maximum absolute atomic E-state index is 6.00. The predicted octanol–water partition coefficient (Wildman–Crippen LogP) is 3.26. The van der Waals surface area contributed by atoms with E-state index in [9.17, 15) is 0 Å². The number of pyridine rings is 1. The fraction of sp³-hybridized carbons (Fsp3) is 0.357. The molecule has 0 fully saturated rings. The molecule has 1 aromatic heterocycles. The number of fused-ring (bicyclic) bond motifs is 1. The lowest BCUT2D eigenvalue weighted by Crippen LogP contribution is -2.01. The van der Waals surface area contributed by atoms with E-state index in [4.69, 9.17) is 10.5 Å². The molecular formula is C14H18N2O. The van der Waals surface area contributed by atoms with Crippen molar-refractivity contribution in [1.82, 2.24) is 4.98 Å². The van der Waals surface area contributed by atoms with E-state index in [0.717, 1.165) is 27.8 Å². The smallest absolute Gasteiger partial charge is 0.128 e. The Bertz CT molecular complexity index is 562. The monoisotopic (exact) mass is 230 g/mol. The summed E-state index contributed by atoms with van der Waals surface area (Å²) in [5.41, 5.74) is 9.10. The topological polar surface area (TPSA) is 48.1 Å². The van der Waals surface area contributed by atoms with Crippen LogP contribution in [0.3, 0.4) is 0 Å². The summed E-state index contributed by atoms with van der Waals surface area (Å²) in [7, 11) is 1.68. The number of benzene rings is 1. The number of nitrogens with zero attached hydrogens (tertiary/aromatic N) is 1. The zero-order chi connectivity index (χ0) is 12.6. The third-order valence-electron chi connectivity index (χ3n) is 3.05. The van der Waals surface area contributed by atoms with Crippen LogP contribution in [0.25, 0.3) is 10.9 Å². The molecule has 1 aromatic carbocycles. The van der Waals surface area contributed by atoms with Crippen LogP contribution in [0, 0.1) is 6.92 Å². The van der Waals surface area contributed by atoms with Crippen LogP contribution in [0.2, 0.25) is 0 Å². The molecular weight excluding hydrogens is 212 g/mol. The van der Waals surface area contributed by atoms with Crippen LogP contribution in [0.4, 0.5) is 5.82 Å². The number of aromatic nitrogens is 1. The Morgan fingerprint density at radius 1 is 1.29 bits per heavy atom. The molecule has 0 atom stereocenters. The first kappa shape index (κ1) is 11.7.